The summed E-state index contributed by atoms with van der Waals surface area (Å²) >= 11 is 0. The van der Waals surface area contributed by atoms with E-state index in [0.717, 1.165) is 38.8 Å². The minimum absolute atomic E-state index is 0.111. The first-order valence-electron chi connectivity index (χ1n) is 8.48. The van der Waals surface area contributed by atoms with Gasteiger partial charge in [-0.25, -0.2) is 0 Å². The summed E-state index contributed by atoms with van der Waals surface area (Å²) in [5.41, 5.74) is 0. The number of hydrogen-bond donors (Lipinski definition) is 0. The molecule has 2 aliphatic heterocycles. The minimum atomic E-state index is -0.247. The van der Waals surface area contributed by atoms with Crippen LogP contribution in [-0.4, -0.2) is 73.2 Å². The standard InChI is InChI=1S/C16H28N2O4/c1-3-6-13(16(20)21-4-2)17-8-10-18(11-9-17)15(19)14-7-5-12-22-14/h13-14H,3-12H2,1-2H3/t13-,14-/m0/s1. The van der Waals surface area contributed by atoms with E-state index in [1.54, 1.807) is 0 Å². The van der Waals surface area contributed by atoms with E-state index < -0.39 is 0 Å². The molecule has 0 aromatic heterocycles. The Hall–Kier alpha value is -1.14. The van der Waals surface area contributed by atoms with Crippen molar-refractivity contribution in [2.75, 3.05) is 39.4 Å². The highest BCUT2D eigenvalue weighted by Crippen LogP contribution is 2.18. The number of carbonyl (C=O) groups is 2. The van der Waals surface area contributed by atoms with Gasteiger partial charge < -0.3 is 14.4 Å². The van der Waals surface area contributed by atoms with Crippen molar-refractivity contribution in [1.82, 2.24) is 9.80 Å². The van der Waals surface area contributed by atoms with Crippen molar-refractivity contribution in [3.63, 3.8) is 0 Å². The molecule has 126 valence electrons. The molecule has 0 aromatic rings. The molecule has 22 heavy (non-hydrogen) atoms. The van der Waals surface area contributed by atoms with Gasteiger partial charge in [0.1, 0.15) is 12.1 Å². The van der Waals surface area contributed by atoms with Crippen LogP contribution < -0.4 is 0 Å². The molecule has 0 N–H and O–H groups in total. The lowest BCUT2D eigenvalue weighted by Gasteiger charge is -2.38. The van der Waals surface area contributed by atoms with Crippen molar-refractivity contribution in [2.45, 2.75) is 51.7 Å². The van der Waals surface area contributed by atoms with Crippen LogP contribution in [0.2, 0.25) is 0 Å². The highest BCUT2D eigenvalue weighted by Gasteiger charge is 2.33. The number of ether oxygens (including phenoxy) is 2. The molecule has 1 amide bonds. The smallest absolute Gasteiger partial charge is 0.323 e. The fourth-order valence-electron chi connectivity index (χ4n) is 3.19. The fraction of sp³-hybridized carbons (Fsp3) is 0.875. The van der Waals surface area contributed by atoms with E-state index in [-0.39, 0.29) is 24.0 Å². The average molecular weight is 312 g/mol. The lowest BCUT2D eigenvalue weighted by atomic mass is 10.1. The monoisotopic (exact) mass is 312 g/mol. The number of piperazine rings is 1. The van der Waals surface area contributed by atoms with Crippen LogP contribution in [0.15, 0.2) is 0 Å². The quantitative estimate of drug-likeness (QED) is 0.686. The van der Waals surface area contributed by atoms with Crippen molar-refractivity contribution >= 4 is 11.9 Å². The van der Waals surface area contributed by atoms with Crippen molar-refractivity contribution in [3.8, 4) is 0 Å². The van der Waals surface area contributed by atoms with Gasteiger partial charge in [0, 0.05) is 32.8 Å². The summed E-state index contributed by atoms with van der Waals surface area (Å²) < 4.78 is 10.7. The van der Waals surface area contributed by atoms with Crippen LogP contribution >= 0.6 is 0 Å². The van der Waals surface area contributed by atoms with E-state index in [2.05, 4.69) is 11.8 Å². The molecular formula is C16H28N2O4. The predicted octanol–water partition coefficient (Wildman–Crippen LogP) is 1.04. The summed E-state index contributed by atoms with van der Waals surface area (Å²) in [4.78, 5) is 28.5. The molecule has 6 nitrogen and oxygen atoms in total. The molecule has 2 aliphatic rings. The summed E-state index contributed by atoms with van der Waals surface area (Å²) in [6, 6.07) is -0.176. The first-order valence-corrected chi connectivity index (χ1v) is 8.48. The van der Waals surface area contributed by atoms with Gasteiger partial charge in [-0.2, -0.15) is 0 Å². The van der Waals surface area contributed by atoms with Gasteiger partial charge in [-0.3, -0.25) is 14.5 Å². The topological polar surface area (TPSA) is 59.1 Å². The van der Waals surface area contributed by atoms with E-state index in [4.69, 9.17) is 9.47 Å². The van der Waals surface area contributed by atoms with Crippen LogP contribution in [0.25, 0.3) is 0 Å². The van der Waals surface area contributed by atoms with Crippen molar-refractivity contribution in [2.24, 2.45) is 0 Å². The van der Waals surface area contributed by atoms with Crippen LogP contribution in [-0.2, 0) is 19.1 Å². The summed E-state index contributed by atoms with van der Waals surface area (Å²) in [6.07, 6.45) is 3.30. The van der Waals surface area contributed by atoms with Crippen molar-refractivity contribution < 1.29 is 19.1 Å². The number of carbonyl (C=O) groups excluding carboxylic acids is 2. The van der Waals surface area contributed by atoms with Gasteiger partial charge in [-0.1, -0.05) is 13.3 Å². The summed E-state index contributed by atoms with van der Waals surface area (Å²) in [5.74, 6) is -0.0245. The van der Waals surface area contributed by atoms with Crippen molar-refractivity contribution in [1.29, 1.82) is 0 Å². The normalized spacial score (nSPS) is 24.3. The van der Waals surface area contributed by atoms with E-state index >= 15 is 0 Å². The van der Waals surface area contributed by atoms with Gasteiger partial charge in [0.15, 0.2) is 0 Å². The van der Waals surface area contributed by atoms with Gasteiger partial charge in [-0.15, -0.1) is 0 Å². The fourth-order valence-corrected chi connectivity index (χ4v) is 3.19. The minimum Gasteiger partial charge on any atom is -0.465 e. The van der Waals surface area contributed by atoms with E-state index in [9.17, 15) is 9.59 Å². The zero-order valence-electron chi connectivity index (χ0n) is 13.8. The molecule has 0 radical (unpaired) electrons. The predicted molar refractivity (Wildman–Crippen MR) is 82.5 cm³/mol. The Morgan fingerprint density at radius 2 is 1.95 bits per heavy atom. The SMILES string of the molecule is CCC[C@@H](C(=O)OCC)N1CCN(C(=O)[C@@H]2CCCO2)CC1. The molecule has 2 heterocycles. The zero-order valence-corrected chi connectivity index (χ0v) is 13.8. The summed E-state index contributed by atoms with van der Waals surface area (Å²) in [5, 5.41) is 0. The van der Waals surface area contributed by atoms with E-state index in [1.165, 1.54) is 0 Å². The maximum Gasteiger partial charge on any atom is 0.323 e. The van der Waals surface area contributed by atoms with Crippen LogP contribution in [0.5, 0.6) is 0 Å². The molecule has 0 saturated carbocycles. The Morgan fingerprint density at radius 1 is 1.23 bits per heavy atom. The molecule has 0 spiro atoms. The maximum atomic E-state index is 12.3. The molecule has 6 heteroatoms. The molecule has 2 rings (SSSR count). The van der Waals surface area contributed by atoms with Gasteiger partial charge in [0.2, 0.25) is 0 Å². The second kappa shape index (κ2) is 8.48. The van der Waals surface area contributed by atoms with Gasteiger partial charge in [0.05, 0.1) is 6.61 Å². The van der Waals surface area contributed by atoms with Gasteiger partial charge in [-0.05, 0) is 26.2 Å². The van der Waals surface area contributed by atoms with Crippen LogP contribution in [0.1, 0.15) is 39.5 Å². The molecule has 0 bridgehead atoms. The average Bonchev–Trinajstić information content (AvgIpc) is 3.07. The molecule has 2 fully saturated rings. The highest BCUT2D eigenvalue weighted by atomic mass is 16.5. The van der Waals surface area contributed by atoms with Gasteiger partial charge in [0.25, 0.3) is 5.91 Å². The Kier molecular flexibility index (Phi) is 6.64. The zero-order chi connectivity index (χ0) is 15.9. The third-order valence-corrected chi connectivity index (χ3v) is 4.39. The van der Waals surface area contributed by atoms with Crippen LogP contribution in [0, 0.1) is 0 Å². The largest absolute Gasteiger partial charge is 0.465 e. The highest BCUT2D eigenvalue weighted by molar-refractivity contribution is 5.81. The third-order valence-electron chi connectivity index (χ3n) is 4.39. The van der Waals surface area contributed by atoms with E-state index in [0.29, 0.717) is 26.3 Å². The number of amides is 1. The van der Waals surface area contributed by atoms with Crippen LogP contribution in [0.3, 0.4) is 0 Å². The molecule has 0 aliphatic carbocycles. The van der Waals surface area contributed by atoms with Gasteiger partial charge >= 0.3 is 5.97 Å². The van der Waals surface area contributed by atoms with Crippen LogP contribution in [0.4, 0.5) is 0 Å². The molecule has 0 unspecified atom stereocenters. The molecule has 0 aromatic carbocycles. The number of hydrogen-bond acceptors (Lipinski definition) is 5. The summed E-state index contributed by atoms with van der Waals surface area (Å²) in [6.45, 7) is 7.79. The Balaban J connectivity index is 1.86. The third kappa shape index (κ3) is 4.20. The number of rotatable bonds is 6. The lowest BCUT2D eigenvalue weighted by Crippen LogP contribution is -2.55. The first kappa shape index (κ1) is 17.2. The lowest BCUT2D eigenvalue weighted by molar-refractivity contribution is -0.152. The molecular weight excluding hydrogens is 284 g/mol. The Bertz CT molecular complexity index is 374. The number of esters is 1. The second-order valence-corrected chi connectivity index (χ2v) is 5.92. The molecule has 2 atom stereocenters. The maximum absolute atomic E-state index is 12.3. The number of nitrogens with zero attached hydrogens (tertiary/aromatic N) is 2. The first-order chi connectivity index (χ1) is 10.7. The second-order valence-electron chi connectivity index (χ2n) is 5.92. The van der Waals surface area contributed by atoms with Crippen molar-refractivity contribution in [3.05, 3.63) is 0 Å². The Morgan fingerprint density at radius 3 is 2.50 bits per heavy atom. The summed E-state index contributed by atoms with van der Waals surface area (Å²) in [7, 11) is 0. The van der Waals surface area contributed by atoms with E-state index in [1.807, 2.05) is 11.8 Å². The Labute approximate surface area is 132 Å². The molecule has 2 saturated heterocycles.